The normalized spacial score (nSPS) is 10.9. The first kappa shape index (κ1) is 15.4. The van der Waals surface area contributed by atoms with E-state index in [1.165, 1.54) is 0 Å². The van der Waals surface area contributed by atoms with Crippen LogP contribution in [0.5, 0.6) is 0 Å². The number of pyridine rings is 1. The van der Waals surface area contributed by atoms with Crippen LogP contribution in [0.2, 0.25) is 0 Å². The van der Waals surface area contributed by atoms with Crippen molar-refractivity contribution in [2.45, 2.75) is 26.4 Å². The summed E-state index contributed by atoms with van der Waals surface area (Å²) in [6.45, 7) is 5.02. The number of nitrogens with zero attached hydrogens (tertiary/aromatic N) is 1. The predicted octanol–water partition coefficient (Wildman–Crippen LogP) is 1.50. The Hall–Kier alpha value is -1.63. The second-order valence-electron chi connectivity index (χ2n) is 4.84. The first-order valence-electron chi connectivity index (χ1n) is 5.61. The molecule has 1 rings (SSSR count). The molecule has 0 aliphatic rings. The number of nitrogens with one attached hydrogen (secondary N) is 1. The van der Waals surface area contributed by atoms with Crippen LogP contribution in [0.1, 0.15) is 31.3 Å². The summed E-state index contributed by atoms with van der Waals surface area (Å²) in [5.41, 5.74) is 5.36. The standard InChI is InChI=1S/C12H16BrN3O3/c1-12(2,3)19-9(17)6-15-11(18)10-7(14)4-5-8(13)16-10/h4-5H,6,14H2,1-3H3,(H,15,18). The van der Waals surface area contributed by atoms with Crippen LogP contribution in [0.25, 0.3) is 0 Å². The third kappa shape index (κ3) is 5.25. The maximum atomic E-state index is 11.8. The van der Waals surface area contributed by atoms with Gasteiger partial charge in [0.15, 0.2) is 5.69 Å². The van der Waals surface area contributed by atoms with Crippen molar-refractivity contribution in [2.75, 3.05) is 12.3 Å². The van der Waals surface area contributed by atoms with Crippen molar-refractivity contribution in [1.29, 1.82) is 0 Å². The summed E-state index contributed by atoms with van der Waals surface area (Å²) < 4.78 is 5.55. The van der Waals surface area contributed by atoms with Gasteiger partial charge < -0.3 is 15.8 Å². The Morgan fingerprint density at radius 3 is 2.63 bits per heavy atom. The predicted molar refractivity (Wildman–Crippen MR) is 74.5 cm³/mol. The minimum Gasteiger partial charge on any atom is -0.459 e. The molecule has 1 amide bonds. The molecule has 104 valence electrons. The van der Waals surface area contributed by atoms with Gasteiger partial charge in [0.2, 0.25) is 0 Å². The number of halogens is 1. The zero-order valence-corrected chi connectivity index (χ0v) is 12.6. The van der Waals surface area contributed by atoms with Gasteiger partial charge in [0, 0.05) is 0 Å². The fourth-order valence-corrected chi connectivity index (χ4v) is 1.55. The van der Waals surface area contributed by atoms with Crippen LogP contribution in [0.15, 0.2) is 16.7 Å². The summed E-state index contributed by atoms with van der Waals surface area (Å²) >= 11 is 3.15. The zero-order valence-electron chi connectivity index (χ0n) is 11.0. The van der Waals surface area contributed by atoms with E-state index in [1.54, 1.807) is 32.9 Å². The highest BCUT2D eigenvalue weighted by molar-refractivity contribution is 9.10. The van der Waals surface area contributed by atoms with Gasteiger partial charge in [-0.3, -0.25) is 9.59 Å². The number of amides is 1. The third-order valence-electron chi connectivity index (χ3n) is 1.92. The van der Waals surface area contributed by atoms with Crippen molar-refractivity contribution in [2.24, 2.45) is 0 Å². The average molecular weight is 330 g/mol. The number of ether oxygens (including phenoxy) is 1. The quantitative estimate of drug-likeness (QED) is 0.647. The summed E-state index contributed by atoms with van der Waals surface area (Å²) in [6, 6.07) is 3.18. The highest BCUT2D eigenvalue weighted by Crippen LogP contribution is 2.13. The fourth-order valence-electron chi connectivity index (χ4n) is 1.24. The van der Waals surface area contributed by atoms with Gasteiger partial charge in [-0.15, -0.1) is 0 Å². The molecule has 0 aliphatic carbocycles. The first-order chi connectivity index (χ1) is 8.69. The van der Waals surface area contributed by atoms with Crippen molar-refractivity contribution < 1.29 is 14.3 Å². The van der Waals surface area contributed by atoms with Gasteiger partial charge >= 0.3 is 5.97 Å². The topological polar surface area (TPSA) is 94.3 Å². The maximum absolute atomic E-state index is 11.8. The summed E-state index contributed by atoms with van der Waals surface area (Å²) in [4.78, 5) is 27.2. The number of nitrogens with two attached hydrogens (primary N) is 1. The second-order valence-corrected chi connectivity index (χ2v) is 5.65. The van der Waals surface area contributed by atoms with Crippen LogP contribution >= 0.6 is 15.9 Å². The maximum Gasteiger partial charge on any atom is 0.325 e. The third-order valence-corrected chi connectivity index (χ3v) is 2.36. The smallest absolute Gasteiger partial charge is 0.325 e. The lowest BCUT2D eigenvalue weighted by atomic mass is 10.2. The molecule has 7 heteroatoms. The van der Waals surface area contributed by atoms with Crippen LogP contribution < -0.4 is 11.1 Å². The molecule has 19 heavy (non-hydrogen) atoms. The van der Waals surface area contributed by atoms with Crippen LogP contribution in [0.4, 0.5) is 5.69 Å². The molecule has 0 aliphatic heterocycles. The molecule has 0 unspecified atom stereocenters. The number of aromatic nitrogens is 1. The van der Waals surface area contributed by atoms with Gasteiger partial charge in [0.1, 0.15) is 16.7 Å². The van der Waals surface area contributed by atoms with Crippen molar-refractivity contribution in [3.63, 3.8) is 0 Å². The van der Waals surface area contributed by atoms with E-state index in [4.69, 9.17) is 10.5 Å². The van der Waals surface area contributed by atoms with Crippen LogP contribution in [0.3, 0.4) is 0 Å². The van der Waals surface area contributed by atoms with Gasteiger partial charge in [-0.25, -0.2) is 4.98 Å². The zero-order chi connectivity index (χ0) is 14.6. The number of carbonyl (C=O) groups excluding carboxylic acids is 2. The van der Waals surface area contributed by atoms with E-state index in [1.807, 2.05) is 0 Å². The number of nitrogen functional groups attached to an aromatic ring is 1. The van der Waals surface area contributed by atoms with E-state index < -0.39 is 17.5 Å². The molecule has 3 N–H and O–H groups in total. The minimum absolute atomic E-state index is 0.0675. The molecule has 1 aromatic heterocycles. The monoisotopic (exact) mass is 329 g/mol. The Bertz CT molecular complexity index is 497. The highest BCUT2D eigenvalue weighted by Gasteiger charge is 2.18. The molecule has 0 fully saturated rings. The fraction of sp³-hybridized carbons (Fsp3) is 0.417. The number of carbonyl (C=O) groups is 2. The molecule has 0 bridgehead atoms. The minimum atomic E-state index is -0.588. The van der Waals surface area contributed by atoms with E-state index in [-0.39, 0.29) is 17.9 Å². The van der Waals surface area contributed by atoms with Gasteiger partial charge in [0.25, 0.3) is 5.91 Å². The Morgan fingerprint density at radius 2 is 2.05 bits per heavy atom. The SMILES string of the molecule is CC(C)(C)OC(=O)CNC(=O)c1nc(Br)ccc1N. The molecule has 0 saturated heterocycles. The lowest BCUT2D eigenvalue weighted by molar-refractivity contribution is -0.153. The number of anilines is 1. The lowest BCUT2D eigenvalue weighted by Gasteiger charge is -2.19. The number of esters is 1. The van der Waals surface area contributed by atoms with E-state index in [0.717, 1.165) is 0 Å². The van der Waals surface area contributed by atoms with Gasteiger partial charge in [-0.2, -0.15) is 0 Å². The van der Waals surface area contributed by atoms with Crippen molar-refractivity contribution in [3.8, 4) is 0 Å². The Kier molecular flexibility index (Phi) is 4.88. The van der Waals surface area contributed by atoms with Crippen LogP contribution in [-0.2, 0) is 9.53 Å². The molecule has 6 nitrogen and oxygen atoms in total. The summed E-state index contributed by atoms with van der Waals surface area (Å²) in [5, 5.41) is 2.41. The average Bonchev–Trinajstić information content (AvgIpc) is 2.27. The van der Waals surface area contributed by atoms with Gasteiger partial charge in [-0.05, 0) is 48.8 Å². The molecule has 1 aromatic rings. The Labute approximate surface area is 119 Å². The van der Waals surface area contributed by atoms with Crippen LogP contribution in [-0.4, -0.2) is 29.0 Å². The summed E-state index contributed by atoms with van der Waals surface area (Å²) in [5.74, 6) is -1.04. The molecular formula is C12H16BrN3O3. The van der Waals surface area contributed by atoms with E-state index in [0.29, 0.717) is 4.60 Å². The molecular weight excluding hydrogens is 314 g/mol. The van der Waals surface area contributed by atoms with E-state index >= 15 is 0 Å². The van der Waals surface area contributed by atoms with Crippen molar-refractivity contribution in [1.82, 2.24) is 10.3 Å². The van der Waals surface area contributed by atoms with Gasteiger partial charge in [0.05, 0.1) is 5.69 Å². The first-order valence-corrected chi connectivity index (χ1v) is 6.40. The van der Waals surface area contributed by atoms with Gasteiger partial charge in [-0.1, -0.05) is 0 Å². The largest absolute Gasteiger partial charge is 0.459 e. The second kappa shape index (κ2) is 6.01. The molecule has 0 saturated carbocycles. The molecule has 0 aromatic carbocycles. The highest BCUT2D eigenvalue weighted by atomic mass is 79.9. The Balaban J connectivity index is 2.61. The van der Waals surface area contributed by atoms with E-state index in [9.17, 15) is 9.59 Å². The van der Waals surface area contributed by atoms with Crippen molar-refractivity contribution >= 4 is 33.5 Å². The molecule has 0 radical (unpaired) electrons. The summed E-state index contributed by atoms with van der Waals surface area (Å²) in [7, 11) is 0. The van der Waals surface area contributed by atoms with E-state index in [2.05, 4.69) is 26.2 Å². The Morgan fingerprint density at radius 1 is 1.42 bits per heavy atom. The number of hydrogen-bond acceptors (Lipinski definition) is 5. The lowest BCUT2D eigenvalue weighted by Crippen LogP contribution is -2.35. The summed E-state index contributed by atoms with van der Waals surface area (Å²) in [6.07, 6.45) is 0. The molecule has 0 spiro atoms. The number of hydrogen-bond donors (Lipinski definition) is 2. The molecule has 0 atom stereocenters. The van der Waals surface area contributed by atoms with Crippen LogP contribution in [0, 0.1) is 0 Å². The van der Waals surface area contributed by atoms with Crippen molar-refractivity contribution in [3.05, 3.63) is 22.4 Å². The number of rotatable bonds is 3. The molecule has 1 heterocycles.